The second-order valence-electron chi connectivity index (χ2n) is 5.78. The SMILES string of the molecule is COCCC1CCN(C(=O)CN(C)C(=O)c2ccsc2)CC1. The summed E-state index contributed by atoms with van der Waals surface area (Å²) < 4.78 is 5.11. The molecule has 1 aromatic rings. The van der Waals surface area contributed by atoms with E-state index in [0.29, 0.717) is 11.5 Å². The van der Waals surface area contributed by atoms with Gasteiger partial charge in [0.05, 0.1) is 12.1 Å². The Kier molecular flexibility index (Phi) is 6.39. The van der Waals surface area contributed by atoms with Gasteiger partial charge in [-0.2, -0.15) is 11.3 Å². The van der Waals surface area contributed by atoms with Crippen molar-refractivity contribution in [1.29, 1.82) is 0 Å². The van der Waals surface area contributed by atoms with Gasteiger partial charge in [-0.05, 0) is 36.6 Å². The summed E-state index contributed by atoms with van der Waals surface area (Å²) in [7, 11) is 3.40. The predicted molar refractivity (Wildman–Crippen MR) is 87.1 cm³/mol. The average Bonchev–Trinajstić information content (AvgIpc) is 3.06. The van der Waals surface area contributed by atoms with E-state index in [0.717, 1.165) is 39.0 Å². The molecule has 0 bridgehead atoms. The molecule has 2 amide bonds. The largest absolute Gasteiger partial charge is 0.385 e. The number of rotatable bonds is 6. The van der Waals surface area contributed by atoms with E-state index in [4.69, 9.17) is 4.74 Å². The Morgan fingerprint density at radius 1 is 1.41 bits per heavy atom. The number of thiophene rings is 1. The lowest BCUT2D eigenvalue weighted by molar-refractivity contribution is -0.133. The highest BCUT2D eigenvalue weighted by atomic mass is 32.1. The maximum atomic E-state index is 12.3. The average molecular weight is 324 g/mol. The van der Waals surface area contributed by atoms with E-state index in [1.165, 1.54) is 16.2 Å². The first-order valence-electron chi connectivity index (χ1n) is 7.66. The van der Waals surface area contributed by atoms with Gasteiger partial charge in [-0.1, -0.05) is 0 Å². The molecule has 0 atom stereocenters. The number of piperidine rings is 1. The zero-order valence-electron chi connectivity index (χ0n) is 13.3. The van der Waals surface area contributed by atoms with Crippen LogP contribution in [0, 0.1) is 5.92 Å². The van der Waals surface area contributed by atoms with E-state index in [-0.39, 0.29) is 18.4 Å². The van der Waals surface area contributed by atoms with Crippen molar-refractivity contribution >= 4 is 23.2 Å². The van der Waals surface area contributed by atoms with Crippen LogP contribution in [0.5, 0.6) is 0 Å². The summed E-state index contributed by atoms with van der Waals surface area (Å²) in [6.07, 6.45) is 3.11. The fourth-order valence-electron chi connectivity index (χ4n) is 2.74. The number of likely N-dealkylation sites (N-methyl/N-ethyl adjacent to an activating group) is 1. The van der Waals surface area contributed by atoms with Crippen molar-refractivity contribution in [2.24, 2.45) is 5.92 Å². The third-order valence-electron chi connectivity index (χ3n) is 4.18. The third-order valence-corrected chi connectivity index (χ3v) is 4.87. The van der Waals surface area contributed by atoms with Gasteiger partial charge in [-0.25, -0.2) is 0 Å². The van der Waals surface area contributed by atoms with Crippen LogP contribution < -0.4 is 0 Å². The summed E-state index contributed by atoms with van der Waals surface area (Å²) in [5, 5.41) is 3.68. The maximum Gasteiger partial charge on any atom is 0.254 e. The topological polar surface area (TPSA) is 49.9 Å². The molecule has 0 saturated carbocycles. The van der Waals surface area contributed by atoms with Crippen molar-refractivity contribution in [3.63, 3.8) is 0 Å². The summed E-state index contributed by atoms with van der Waals surface area (Å²) in [6, 6.07) is 1.79. The molecule has 22 heavy (non-hydrogen) atoms. The van der Waals surface area contributed by atoms with Gasteiger partial charge in [0.25, 0.3) is 5.91 Å². The van der Waals surface area contributed by atoms with E-state index in [2.05, 4.69) is 0 Å². The molecule has 2 heterocycles. The van der Waals surface area contributed by atoms with E-state index < -0.39 is 0 Å². The predicted octanol–water partition coefficient (Wildman–Crippen LogP) is 2.10. The molecule has 1 saturated heterocycles. The molecule has 1 aliphatic rings. The highest BCUT2D eigenvalue weighted by Crippen LogP contribution is 2.20. The number of hydrogen-bond donors (Lipinski definition) is 0. The molecule has 1 fully saturated rings. The van der Waals surface area contributed by atoms with Crippen molar-refractivity contribution in [3.05, 3.63) is 22.4 Å². The molecule has 0 unspecified atom stereocenters. The molecule has 0 N–H and O–H groups in total. The molecule has 6 heteroatoms. The Hall–Kier alpha value is -1.40. The molecule has 5 nitrogen and oxygen atoms in total. The monoisotopic (exact) mass is 324 g/mol. The molecule has 1 aromatic heterocycles. The minimum atomic E-state index is -0.0930. The summed E-state index contributed by atoms with van der Waals surface area (Å²) in [4.78, 5) is 27.8. The van der Waals surface area contributed by atoms with Crippen LogP contribution in [0.1, 0.15) is 29.6 Å². The summed E-state index contributed by atoms with van der Waals surface area (Å²) >= 11 is 1.49. The van der Waals surface area contributed by atoms with Crippen LogP contribution in [0.25, 0.3) is 0 Å². The van der Waals surface area contributed by atoms with Gasteiger partial charge in [0, 0.05) is 39.2 Å². The fraction of sp³-hybridized carbons (Fsp3) is 0.625. The third kappa shape index (κ3) is 4.55. The van der Waals surface area contributed by atoms with Crippen LogP contribution >= 0.6 is 11.3 Å². The van der Waals surface area contributed by atoms with Gasteiger partial charge in [-0.15, -0.1) is 0 Å². The Bertz CT molecular complexity index is 482. The van der Waals surface area contributed by atoms with Gasteiger partial charge < -0.3 is 14.5 Å². The number of methoxy groups -OCH3 is 1. The van der Waals surface area contributed by atoms with Gasteiger partial charge >= 0.3 is 0 Å². The number of amides is 2. The van der Waals surface area contributed by atoms with E-state index >= 15 is 0 Å². The minimum absolute atomic E-state index is 0.0382. The standard InChI is InChI=1S/C16H24N2O3S/c1-17(16(20)14-6-10-22-12-14)11-15(19)18-7-3-13(4-8-18)5-9-21-2/h6,10,12-13H,3-5,7-9,11H2,1-2H3. The first-order chi connectivity index (χ1) is 10.6. The van der Waals surface area contributed by atoms with Crippen LogP contribution in [0.2, 0.25) is 0 Å². The highest BCUT2D eigenvalue weighted by molar-refractivity contribution is 7.08. The molecule has 0 spiro atoms. The van der Waals surface area contributed by atoms with Crippen molar-refractivity contribution in [1.82, 2.24) is 9.80 Å². The first-order valence-corrected chi connectivity index (χ1v) is 8.60. The zero-order valence-corrected chi connectivity index (χ0v) is 14.1. The molecule has 0 aromatic carbocycles. The number of carbonyl (C=O) groups excluding carboxylic acids is 2. The fourth-order valence-corrected chi connectivity index (χ4v) is 3.37. The van der Waals surface area contributed by atoms with Crippen molar-refractivity contribution in [2.75, 3.05) is 40.4 Å². The molecule has 1 aliphatic heterocycles. The Labute approximate surface area is 135 Å². The van der Waals surface area contributed by atoms with Gasteiger partial charge in [-0.3, -0.25) is 9.59 Å². The smallest absolute Gasteiger partial charge is 0.254 e. The summed E-state index contributed by atoms with van der Waals surface area (Å²) in [5.41, 5.74) is 0.651. The van der Waals surface area contributed by atoms with E-state index in [1.54, 1.807) is 20.2 Å². The number of hydrogen-bond acceptors (Lipinski definition) is 4. The van der Waals surface area contributed by atoms with Crippen molar-refractivity contribution < 1.29 is 14.3 Å². The lowest BCUT2D eigenvalue weighted by Crippen LogP contribution is -2.44. The Balaban J connectivity index is 1.77. The molecular weight excluding hydrogens is 300 g/mol. The van der Waals surface area contributed by atoms with Crippen LogP contribution in [-0.2, 0) is 9.53 Å². The first kappa shape index (κ1) is 17.0. The lowest BCUT2D eigenvalue weighted by Gasteiger charge is -2.33. The van der Waals surface area contributed by atoms with Crippen LogP contribution in [0.15, 0.2) is 16.8 Å². The maximum absolute atomic E-state index is 12.3. The van der Waals surface area contributed by atoms with E-state index in [9.17, 15) is 9.59 Å². The second kappa shape index (κ2) is 8.29. The second-order valence-corrected chi connectivity index (χ2v) is 6.56. The van der Waals surface area contributed by atoms with Crippen molar-refractivity contribution in [2.45, 2.75) is 19.3 Å². The van der Waals surface area contributed by atoms with Crippen molar-refractivity contribution in [3.8, 4) is 0 Å². The summed E-state index contributed by atoms with van der Waals surface area (Å²) in [5.74, 6) is 0.593. The number of ether oxygens (including phenoxy) is 1. The molecule has 2 rings (SSSR count). The van der Waals surface area contributed by atoms with Gasteiger partial charge in [0.15, 0.2) is 0 Å². The van der Waals surface area contributed by atoms with Crippen LogP contribution in [0.3, 0.4) is 0 Å². The van der Waals surface area contributed by atoms with Crippen LogP contribution in [0.4, 0.5) is 0 Å². The number of carbonyl (C=O) groups is 2. The zero-order chi connectivity index (χ0) is 15.9. The van der Waals surface area contributed by atoms with Crippen LogP contribution in [-0.4, -0.2) is 62.0 Å². The number of likely N-dealkylation sites (tertiary alicyclic amines) is 1. The Morgan fingerprint density at radius 2 is 2.14 bits per heavy atom. The Morgan fingerprint density at radius 3 is 2.73 bits per heavy atom. The number of nitrogens with zero attached hydrogens (tertiary/aromatic N) is 2. The van der Waals surface area contributed by atoms with E-state index in [1.807, 2.05) is 15.7 Å². The summed E-state index contributed by atoms with van der Waals surface area (Å²) in [6.45, 7) is 2.51. The molecule has 0 radical (unpaired) electrons. The molecule has 122 valence electrons. The minimum Gasteiger partial charge on any atom is -0.385 e. The quantitative estimate of drug-likeness (QED) is 0.805. The molecular formula is C16H24N2O3S. The van der Waals surface area contributed by atoms with Gasteiger partial charge in [0.1, 0.15) is 0 Å². The molecule has 0 aliphatic carbocycles. The highest BCUT2D eigenvalue weighted by Gasteiger charge is 2.24. The lowest BCUT2D eigenvalue weighted by atomic mass is 9.94. The van der Waals surface area contributed by atoms with Gasteiger partial charge in [0.2, 0.25) is 5.91 Å². The normalized spacial score (nSPS) is 15.8.